The SMILES string of the molecule is CC(C)c1nc2c(C(F)(F)F)cc(CN3CCO[C@H](C)C3)cc2[nH]1. The lowest BCUT2D eigenvalue weighted by atomic mass is 10.1. The summed E-state index contributed by atoms with van der Waals surface area (Å²) >= 11 is 0. The molecule has 7 heteroatoms. The van der Waals surface area contributed by atoms with Crippen LogP contribution in [-0.4, -0.2) is 40.7 Å². The number of morpholine rings is 1. The molecule has 1 fully saturated rings. The minimum atomic E-state index is -4.42. The van der Waals surface area contributed by atoms with E-state index in [0.29, 0.717) is 30.1 Å². The third kappa shape index (κ3) is 3.57. The molecule has 1 aliphatic rings. The second-order valence-electron chi connectivity index (χ2n) is 6.73. The van der Waals surface area contributed by atoms with Crippen molar-refractivity contribution in [2.45, 2.75) is 45.5 Å². The van der Waals surface area contributed by atoms with E-state index in [9.17, 15) is 13.2 Å². The van der Waals surface area contributed by atoms with Crippen LogP contribution in [0.3, 0.4) is 0 Å². The van der Waals surface area contributed by atoms with Gasteiger partial charge in [-0.1, -0.05) is 13.8 Å². The van der Waals surface area contributed by atoms with Crippen molar-refractivity contribution in [1.82, 2.24) is 14.9 Å². The maximum atomic E-state index is 13.5. The van der Waals surface area contributed by atoms with Crippen molar-refractivity contribution < 1.29 is 17.9 Å². The van der Waals surface area contributed by atoms with E-state index >= 15 is 0 Å². The highest BCUT2D eigenvalue weighted by Crippen LogP contribution is 2.35. The molecule has 0 aliphatic carbocycles. The Labute approximate surface area is 139 Å². The lowest BCUT2D eigenvalue weighted by Gasteiger charge is -2.31. The van der Waals surface area contributed by atoms with Gasteiger partial charge in [0.2, 0.25) is 0 Å². The quantitative estimate of drug-likeness (QED) is 0.920. The van der Waals surface area contributed by atoms with Crippen LogP contribution in [0.1, 0.15) is 43.6 Å². The summed E-state index contributed by atoms with van der Waals surface area (Å²) in [4.78, 5) is 9.33. The Kier molecular flexibility index (Phi) is 4.57. The number of aromatic amines is 1. The minimum absolute atomic E-state index is 0.00490. The Morgan fingerprint density at radius 1 is 1.38 bits per heavy atom. The average molecular weight is 341 g/mol. The zero-order valence-corrected chi connectivity index (χ0v) is 14.1. The standard InChI is InChI=1S/C17H22F3N3O/c1-10(2)16-21-14-7-12(9-23-4-5-24-11(3)8-23)6-13(15(14)22-16)17(18,19)20/h6-7,10-11H,4-5,8-9H2,1-3H3,(H,21,22)/t11-/m1/s1. The molecule has 0 radical (unpaired) electrons. The minimum Gasteiger partial charge on any atom is -0.376 e. The lowest BCUT2D eigenvalue weighted by Crippen LogP contribution is -2.40. The second-order valence-corrected chi connectivity index (χ2v) is 6.73. The first-order valence-electron chi connectivity index (χ1n) is 8.17. The van der Waals surface area contributed by atoms with Gasteiger partial charge in [0.05, 0.1) is 23.8 Å². The van der Waals surface area contributed by atoms with Crippen molar-refractivity contribution >= 4 is 11.0 Å². The first kappa shape index (κ1) is 17.2. The third-order valence-electron chi connectivity index (χ3n) is 4.25. The molecule has 1 aliphatic heterocycles. The summed E-state index contributed by atoms with van der Waals surface area (Å²) < 4.78 is 45.9. The van der Waals surface area contributed by atoms with Gasteiger partial charge >= 0.3 is 6.18 Å². The fraction of sp³-hybridized carbons (Fsp3) is 0.588. The number of fused-ring (bicyclic) bond motifs is 1. The Morgan fingerprint density at radius 2 is 2.12 bits per heavy atom. The molecule has 1 saturated heterocycles. The van der Waals surface area contributed by atoms with E-state index in [-0.39, 0.29) is 17.5 Å². The number of halogens is 3. The molecular weight excluding hydrogens is 319 g/mol. The summed E-state index contributed by atoms with van der Waals surface area (Å²) in [5, 5.41) is 0. The van der Waals surface area contributed by atoms with Crippen molar-refractivity contribution in [3.8, 4) is 0 Å². The number of aromatic nitrogens is 2. The van der Waals surface area contributed by atoms with Crippen LogP contribution in [0, 0.1) is 0 Å². The summed E-state index contributed by atoms with van der Waals surface area (Å²) in [5.41, 5.74) is 0.428. The number of imidazole rings is 1. The van der Waals surface area contributed by atoms with Crippen LogP contribution in [0.4, 0.5) is 13.2 Å². The molecule has 2 aromatic rings. The summed E-state index contributed by atoms with van der Waals surface area (Å²) in [5.74, 6) is 0.620. The molecule has 1 aromatic heterocycles. The van der Waals surface area contributed by atoms with Crippen LogP contribution in [0.25, 0.3) is 11.0 Å². The van der Waals surface area contributed by atoms with E-state index in [1.165, 1.54) is 6.07 Å². The fourth-order valence-electron chi connectivity index (χ4n) is 3.07. The van der Waals surface area contributed by atoms with Crippen molar-refractivity contribution in [2.24, 2.45) is 0 Å². The molecule has 1 N–H and O–H groups in total. The van der Waals surface area contributed by atoms with Crippen LogP contribution in [0.5, 0.6) is 0 Å². The Bertz CT molecular complexity index is 724. The lowest BCUT2D eigenvalue weighted by molar-refractivity contribution is -0.136. The smallest absolute Gasteiger partial charge is 0.376 e. The Hall–Kier alpha value is -1.60. The number of alkyl halides is 3. The molecule has 132 valence electrons. The zero-order chi connectivity index (χ0) is 17.5. The summed E-state index contributed by atoms with van der Waals surface area (Å²) in [6.45, 7) is 8.31. The highest BCUT2D eigenvalue weighted by atomic mass is 19.4. The molecule has 0 amide bonds. The number of benzene rings is 1. The third-order valence-corrected chi connectivity index (χ3v) is 4.25. The maximum absolute atomic E-state index is 13.5. The highest BCUT2D eigenvalue weighted by Gasteiger charge is 2.34. The summed E-state index contributed by atoms with van der Waals surface area (Å²) in [6.07, 6.45) is -4.32. The normalized spacial score (nSPS) is 20.2. The van der Waals surface area contributed by atoms with Gasteiger partial charge in [-0.05, 0) is 24.6 Å². The van der Waals surface area contributed by atoms with Crippen LogP contribution in [0.2, 0.25) is 0 Å². The van der Waals surface area contributed by atoms with E-state index in [1.54, 1.807) is 6.07 Å². The average Bonchev–Trinajstić information content (AvgIpc) is 2.89. The maximum Gasteiger partial charge on any atom is 0.418 e. The van der Waals surface area contributed by atoms with Crippen molar-refractivity contribution in [2.75, 3.05) is 19.7 Å². The Balaban J connectivity index is 1.99. The molecule has 1 atom stereocenters. The predicted molar refractivity (Wildman–Crippen MR) is 85.9 cm³/mol. The van der Waals surface area contributed by atoms with Gasteiger partial charge in [0.25, 0.3) is 0 Å². The molecule has 24 heavy (non-hydrogen) atoms. The zero-order valence-electron chi connectivity index (χ0n) is 14.1. The number of hydrogen-bond donors (Lipinski definition) is 1. The van der Waals surface area contributed by atoms with Gasteiger partial charge in [0.1, 0.15) is 11.3 Å². The van der Waals surface area contributed by atoms with Crippen molar-refractivity contribution in [3.05, 3.63) is 29.1 Å². The number of hydrogen-bond acceptors (Lipinski definition) is 3. The van der Waals surface area contributed by atoms with E-state index < -0.39 is 11.7 Å². The Morgan fingerprint density at radius 3 is 2.75 bits per heavy atom. The molecule has 1 aromatic carbocycles. The molecule has 0 unspecified atom stereocenters. The van der Waals surface area contributed by atoms with Crippen molar-refractivity contribution in [1.29, 1.82) is 0 Å². The van der Waals surface area contributed by atoms with Gasteiger partial charge < -0.3 is 9.72 Å². The number of nitrogens with one attached hydrogen (secondary N) is 1. The topological polar surface area (TPSA) is 41.2 Å². The van der Waals surface area contributed by atoms with Crippen molar-refractivity contribution in [3.63, 3.8) is 0 Å². The molecule has 0 bridgehead atoms. The molecule has 3 rings (SSSR count). The molecular formula is C17H22F3N3O. The molecule has 2 heterocycles. The van der Waals surface area contributed by atoms with Gasteiger partial charge in [-0.15, -0.1) is 0 Å². The molecule has 4 nitrogen and oxygen atoms in total. The van der Waals surface area contributed by atoms with Crippen LogP contribution in [0.15, 0.2) is 12.1 Å². The summed E-state index contributed by atoms with van der Waals surface area (Å²) in [7, 11) is 0. The summed E-state index contributed by atoms with van der Waals surface area (Å²) in [6, 6.07) is 3.01. The van der Waals surface area contributed by atoms with Gasteiger partial charge in [0, 0.05) is 25.6 Å². The van der Waals surface area contributed by atoms with Crippen LogP contribution in [-0.2, 0) is 17.5 Å². The highest BCUT2D eigenvalue weighted by molar-refractivity contribution is 5.80. The fourth-order valence-corrected chi connectivity index (χ4v) is 3.07. The van der Waals surface area contributed by atoms with E-state index in [0.717, 1.165) is 13.1 Å². The van der Waals surface area contributed by atoms with Gasteiger partial charge in [0.15, 0.2) is 0 Å². The number of ether oxygens (including phenoxy) is 1. The second kappa shape index (κ2) is 6.37. The molecule has 0 saturated carbocycles. The van der Waals surface area contributed by atoms with Gasteiger partial charge in [-0.3, -0.25) is 4.90 Å². The first-order chi connectivity index (χ1) is 11.2. The largest absolute Gasteiger partial charge is 0.418 e. The van der Waals surface area contributed by atoms with Gasteiger partial charge in [-0.2, -0.15) is 13.2 Å². The van der Waals surface area contributed by atoms with E-state index in [1.807, 2.05) is 20.8 Å². The van der Waals surface area contributed by atoms with Crippen LogP contribution >= 0.6 is 0 Å². The number of rotatable bonds is 3. The predicted octanol–water partition coefficient (Wildman–Crippen LogP) is 3.93. The molecule has 0 spiro atoms. The first-order valence-corrected chi connectivity index (χ1v) is 8.17. The van der Waals surface area contributed by atoms with E-state index in [2.05, 4.69) is 14.9 Å². The van der Waals surface area contributed by atoms with E-state index in [4.69, 9.17) is 4.74 Å². The monoisotopic (exact) mass is 341 g/mol. The van der Waals surface area contributed by atoms with Crippen LogP contribution < -0.4 is 0 Å². The van der Waals surface area contributed by atoms with Gasteiger partial charge in [-0.25, -0.2) is 4.98 Å². The number of H-pyrrole nitrogens is 1. The number of nitrogens with zero attached hydrogens (tertiary/aromatic N) is 2.